The number of carbonyl (C=O) groups is 1. The maximum atomic E-state index is 12.9. The van der Waals surface area contributed by atoms with Gasteiger partial charge in [-0.1, -0.05) is 12.1 Å². The summed E-state index contributed by atoms with van der Waals surface area (Å²) in [4.78, 5) is 18.3. The molecule has 0 saturated carbocycles. The van der Waals surface area contributed by atoms with Crippen LogP contribution in [0, 0.1) is 11.7 Å². The fraction of sp³-hybridized carbons (Fsp3) is 0.444. The molecule has 2 aromatic rings. The molecule has 1 fully saturated rings. The number of likely N-dealkylation sites (tertiary alicyclic amines) is 1. The fourth-order valence-electron chi connectivity index (χ4n) is 3.19. The summed E-state index contributed by atoms with van der Waals surface area (Å²) < 4.78 is 14.7. The lowest BCUT2D eigenvalue weighted by Crippen LogP contribution is -2.41. The van der Waals surface area contributed by atoms with Gasteiger partial charge in [-0.05, 0) is 49.3 Å². The highest BCUT2D eigenvalue weighted by molar-refractivity contribution is 5.76. The van der Waals surface area contributed by atoms with Gasteiger partial charge in [-0.15, -0.1) is 0 Å². The molecule has 1 aromatic carbocycles. The Kier molecular flexibility index (Phi) is 5.05. The molecule has 1 aromatic heterocycles. The molecule has 0 aliphatic carbocycles. The predicted octanol–water partition coefficient (Wildman–Crippen LogP) is 2.89. The zero-order valence-electron chi connectivity index (χ0n) is 13.2. The number of halogens is 1. The third-order valence-electron chi connectivity index (χ3n) is 4.50. The molecule has 23 heavy (non-hydrogen) atoms. The maximum absolute atomic E-state index is 12.9. The van der Waals surface area contributed by atoms with Gasteiger partial charge in [-0.3, -0.25) is 4.79 Å². The number of carbonyl (C=O) groups excluding carboxylic acids is 1. The van der Waals surface area contributed by atoms with Crippen LogP contribution in [0.4, 0.5) is 4.39 Å². The molecule has 0 radical (unpaired) electrons. The van der Waals surface area contributed by atoms with Crippen LogP contribution in [0.25, 0.3) is 0 Å². The van der Waals surface area contributed by atoms with Crippen molar-refractivity contribution < 1.29 is 9.18 Å². The van der Waals surface area contributed by atoms with E-state index in [-0.39, 0.29) is 11.7 Å². The molecule has 1 aliphatic rings. The molecule has 2 heterocycles. The minimum Gasteiger partial charge on any atom is -0.341 e. The Morgan fingerprint density at radius 3 is 2.87 bits per heavy atom. The Bertz CT molecular complexity index is 624. The van der Waals surface area contributed by atoms with Crippen LogP contribution in [0.1, 0.15) is 24.8 Å². The molecular formula is C18H22FN3O. The van der Waals surface area contributed by atoms with Crippen molar-refractivity contribution in [2.24, 2.45) is 5.92 Å². The summed E-state index contributed by atoms with van der Waals surface area (Å²) in [7, 11) is 0. The summed E-state index contributed by atoms with van der Waals surface area (Å²) in [5.74, 6) is 0.498. The van der Waals surface area contributed by atoms with Gasteiger partial charge in [0.15, 0.2) is 0 Å². The number of piperidine rings is 1. The molecule has 4 nitrogen and oxygen atoms in total. The summed E-state index contributed by atoms with van der Waals surface area (Å²) in [6, 6.07) is 6.72. The summed E-state index contributed by atoms with van der Waals surface area (Å²) in [5, 5.41) is 0. The highest BCUT2D eigenvalue weighted by Crippen LogP contribution is 2.22. The normalized spacial score (nSPS) is 18.1. The van der Waals surface area contributed by atoms with E-state index in [1.165, 1.54) is 12.1 Å². The first-order chi connectivity index (χ1) is 11.2. The van der Waals surface area contributed by atoms with Crippen LogP contribution in [-0.2, 0) is 17.8 Å². The average Bonchev–Trinajstić information content (AvgIpc) is 3.07. The summed E-state index contributed by atoms with van der Waals surface area (Å²) in [6.45, 7) is 2.04. The SMILES string of the molecule is O=C(Cn1ccnc1)N1CCC[C@H](CCc2ccc(F)cc2)C1. The summed E-state index contributed by atoms with van der Waals surface area (Å²) in [6.07, 6.45) is 9.38. The standard InChI is InChI=1S/C18H22FN3O/c19-17-7-5-15(6-8-17)3-4-16-2-1-10-22(12-16)18(23)13-21-11-9-20-14-21/h5-9,11,14,16H,1-4,10,12-13H2/t16-/m1/s1. The highest BCUT2D eigenvalue weighted by atomic mass is 19.1. The van der Waals surface area contributed by atoms with E-state index in [4.69, 9.17) is 0 Å². The lowest BCUT2D eigenvalue weighted by Gasteiger charge is -2.33. The first-order valence-corrected chi connectivity index (χ1v) is 8.18. The van der Waals surface area contributed by atoms with Crippen molar-refractivity contribution in [1.29, 1.82) is 0 Å². The number of aryl methyl sites for hydroxylation is 1. The van der Waals surface area contributed by atoms with E-state index in [1.54, 1.807) is 12.5 Å². The van der Waals surface area contributed by atoms with Crippen molar-refractivity contribution in [2.45, 2.75) is 32.2 Å². The monoisotopic (exact) mass is 315 g/mol. The second-order valence-electron chi connectivity index (χ2n) is 6.25. The van der Waals surface area contributed by atoms with E-state index < -0.39 is 0 Å². The zero-order valence-corrected chi connectivity index (χ0v) is 13.2. The lowest BCUT2D eigenvalue weighted by molar-refractivity contribution is -0.133. The van der Waals surface area contributed by atoms with Crippen molar-refractivity contribution in [3.8, 4) is 0 Å². The van der Waals surface area contributed by atoms with Crippen molar-refractivity contribution in [3.63, 3.8) is 0 Å². The Labute approximate surface area is 135 Å². The Balaban J connectivity index is 1.49. The largest absolute Gasteiger partial charge is 0.341 e. The molecular weight excluding hydrogens is 293 g/mol. The van der Waals surface area contributed by atoms with Crippen LogP contribution in [0.2, 0.25) is 0 Å². The number of imidazole rings is 1. The van der Waals surface area contributed by atoms with Gasteiger partial charge < -0.3 is 9.47 Å². The molecule has 0 N–H and O–H groups in total. The van der Waals surface area contributed by atoms with Crippen molar-refractivity contribution in [3.05, 3.63) is 54.4 Å². The van der Waals surface area contributed by atoms with Crippen molar-refractivity contribution in [2.75, 3.05) is 13.1 Å². The second kappa shape index (κ2) is 7.40. The van der Waals surface area contributed by atoms with Gasteiger partial charge >= 0.3 is 0 Å². The average molecular weight is 315 g/mol. The number of nitrogens with zero attached hydrogens (tertiary/aromatic N) is 3. The van der Waals surface area contributed by atoms with Crippen LogP contribution in [-0.4, -0.2) is 33.4 Å². The van der Waals surface area contributed by atoms with Crippen molar-refractivity contribution in [1.82, 2.24) is 14.5 Å². The zero-order chi connectivity index (χ0) is 16.1. The van der Waals surface area contributed by atoms with E-state index in [0.29, 0.717) is 12.5 Å². The van der Waals surface area contributed by atoms with Crippen LogP contribution in [0.3, 0.4) is 0 Å². The van der Waals surface area contributed by atoms with E-state index in [2.05, 4.69) is 4.98 Å². The minimum atomic E-state index is -0.192. The Hall–Kier alpha value is -2.17. The Morgan fingerprint density at radius 2 is 2.13 bits per heavy atom. The summed E-state index contributed by atoms with van der Waals surface area (Å²) >= 11 is 0. The molecule has 0 unspecified atom stereocenters. The van der Waals surface area contributed by atoms with Gasteiger partial charge in [-0.25, -0.2) is 9.37 Å². The maximum Gasteiger partial charge on any atom is 0.242 e. The van der Waals surface area contributed by atoms with E-state index >= 15 is 0 Å². The molecule has 122 valence electrons. The smallest absolute Gasteiger partial charge is 0.242 e. The number of hydrogen-bond donors (Lipinski definition) is 0. The van der Waals surface area contributed by atoms with Crippen LogP contribution >= 0.6 is 0 Å². The number of rotatable bonds is 5. The topological polar surface area (TPSA) is 38.1 Å². The second-order valence-corrected chi connectivity index (χ2v) is 6.25. The third-order valence-corrected chi connectivity index (χ3v) is 4.50. The van der Waals surface area contributed by atoms with Gasteiger partial charge in [0.05, 0.1) is 6.33 Å². The van der Waals surface area contributed by atoms with Crippen LogP contribution in [0.15, 0.2) is 43.0 Å². The number of amides is 1. The molecule has 1 saturated heterocycles. The number of hydrogen-bond acceptors (Lipinski definition) is 2. The Morgan fingerprint density at radius 1 is 1.30 bits per heavy atom. The number of benzene rings is 1. The molecule has 5 heteroatoms. The molecule has 3 rings (SSSR count). The molecule has 0 bridgehead atoms. The van der Waals surface area contributed by atoms with Gasteiger partial charge in [0.1, 0.15) is 12.4 Å². The van der Waals surface area contributed by atoms with Gasteiger partial charge in [0.25, 0.3) is 0 Å². The first kappa shape index (κ1) is 15.7. The minimum absolute atomic E-state index is 0.162. The number of aromatic nitrogens is 2. The predicted molar refractivity (Wildman–Crippen MR) is 86.3 cm³/mol. The molecule has 1 aliphatic heterocycles. The van der Waals surface area contributed by atoms with Crippen LogP contribution < -0.4 is 0 Å². The van der Waals surface area contributed by atoms with Gasteiger partial charge in [-0.2, -0.15) is 0 Å². The molecule has 1 atom stereocenters. The van der Waals surface area contributed by atoms with Gasteiger partial charge in [0.2, 0.25) is 5.91 Å². The summed E-state index contributed by atoms with van der Waals surface area (Å²) in [5.41, 5.74) is 1.16. The van der Waals surface area contributed by atoms with E-state index in [1.807, 2.05) is 27.8 Å². The molecule has 0 spiro atoms. The fourth-order valence-corrected chi connectivity index (χ4v) is 3.19. The van der Waals surface area contributed by atoms with E-state index in [9.17, 15) is 9.18 Å². The van der Waals surface area contributed by atoms with Crippen LogP contribution in [0.5, 0.6) is 0 Å². The third kappa shape index (κ3) is 4.41. The first-order valence-electron chi connectivity index (χ1n) is 8.18. The lowest BCUT2D eigenvalue weighted by atomic mass is 9.91. The molecule has 1 amide bonds. The van der Waals surface area contributed by atoms with E-state index in [0.717, 1.165) is 44.3 Å². The quantitative estimate of drug-likeness (QED) is 0.851. The van der Waals surface area contributed by atoms with Gasteiger partial charge in [0, 0.05) is 25.5 Å². The highest BCUT2D eigenvalue weighted by Gasteiger charge is 2.23. The van der Waals surface area contributed by atoms with Crippen molar-refractivity contribution >= 4 is 5.91 Å².